The first kappa shape index (κ1) is 21.4. The number of hydrogen-bond donors (Lipinski definition) is 1. The second-order valence-electron chi connectivity index (χ2n) is 7.30. The molecule has 2 aliphatic rings. The molecule has 3 atom stereocenters. The van der Waals surface area contributed by atoms with E-state index in [1.54, 1.807) is 0 Å². The third kappa shape index (κ3) is 7.31. The number of rotatable bonds is 3. The fraction of sp³-hybridized carbons (Fsp3) is 1.00. The van der Waals surface area contributed by atoms with Gasteiger partial charge < -0.3 is 14.7 Å². The van der Waals surface area contributed by atoms with Crippen LogP contribution in [0.4, 0.5) is 0 Å². The minimum Gasteiger partial charge on any atom is -0.305 e. The van der Waals surface area contributed by atoms with Gasteiger partial charge in [0.15, 0.2) is 5.97 Å². The van der Waals surface area contributed by atoms with Crippen LogP contribution in [0.3, 0.4) is 0 Å². The molecule has 146 valence electrons. The van der Waals surface area contributed by atoms with Crippen molar-refractivity contribution in [2.75, 3.05) is 79.4 Å². The molecule has 0 bridgehead atoms. The topological polar surface area (TPSA) is 79.9 Å². The summed E-state index contributed by atoms with van der Waals surface area (Å²) in [6, 6.07) is 0. The Morgan fingerprint density at radius 1 is 0.920 bits per heavy atom. The fourth-order valence-corrected chi connectivity index (χ4v) is 6.80. The Morgan fingerprint density at radius 2 is 1.40 bits per heavy atom. The van der Waals surface area contributed by atoms with Crippen LogP contribution in [0.15, 0.2) is 0 Å². The summed E-state index contributed by atoms with van der Waals surface area (Å²) < 4.78 is 28.9. The molecule has 2 rings (SSSR count). The molecule has 0 aromatic carbocycles. The fourth-order valence-electron chi connectivity index (χ4n) is 3.18. The van der Waals surface area contributed by atoms with Crippen molar-refractivity contribution in [3.05, 3.63) is 0 Å². The smallest absolute Gasteiger partial charge is 0.305 e. The molecular weight excluding hydrogens is 362 g/mol. The van der Waals surface area contributed by atoms with Crippen LogP contribution in [-0.2, 0) is 13.7 Å². The Bertz CT molecular complexity index is 496. The van der Waals surface area contributed by atoms with Crippen molar-refractivity contribution in [1.29, 1.82) is 0 Å². The minimum absolute atomic E-state index is 0.217. The highest BCUT2D eigenvalue weighted by Gasteiger charge is 2.60. The average Bonchev–Trinajstić information content (AvgIpc) is 3.17. The number of hydrogen-bond acceptors (Lipinski definition) is 7. The quantitative estimate of drug-likeness (QED) is 0.564. The van der Waals surface area contributed by atoms with Gasteiger partial charge in [-0.05, 0) is 58.2 Å². The molecule has 2 saturated heterocycles. The van der Waals surface area contributed by atoms with Crippen molar-refractivity contribution in [2.24, 2.45) is 0 Å². The Hall–Kier alpha value is 0.0900. The normalized spacial score (nSPS) is 33.8. The average molecular weight is 395 g/mol. The van der Waals surface area contributed by atoms with E-state index in [1.807, 2.05) is 0 Å². The lowest BCUT2D eigenvalue weighted by molar-refractivity contribution is 0.143. The molecule has 1 N–H and O–H groups in total. The van der Waals surface area contributed by atoms with Gasteiger partial charge in [-0.25, -0.2) is 0 Å². The molecule has 25 heavy (non-hydrogen) atoms. The first-order valence-corrected chi connectivity index (χ1v) is 12.3. The van der Waals surface area contributed by atoms with Gasteiger partial charge in [-0.1, -0.05) is 0 Å². The predicted octanol–water partition coefficient (Wildman–Crippen LogP) is 1.16. The van der Waals surface area contributed by atoms with Crippen molar-refractivity contribution in [2.45, 2.75) is 18.8 Å². The summed E-state index contributed by atoms with van der Waals surface area (Å²) in [5.74, 6) is -0.678. The van der Waals surface area contributed by atoms with E-state index in [1.165, 1.54) is 0 Å². The largest absolute Gasteiger partial charge is 0.516 e. The third-order valence-corrected chi connectivity index (χ3v) is 8.89. The van der Waals surface area contributed by atoms with Crippen molar-refractivity contribution < 1.29 is 18.5 Å². The summed E-state index contributed by atoms with van der Waals surface area (Å²) in [6.45, 7) is 7.64. The monoisotopic (exact) mass is 395 g/mol. The van der Waals surface area contributed by atoms with E-state index in [2.05, 4.69) is 40.7 Å². The molecule has 0 spiro atoms. The summed E-state index contributed by atoms with van der Waals surface area (Å²) in [7, 11) is 1.06. The molecule has 0 amide bonds. The van der Waals surface area contributed by atoms with Crippen LogP contribution in [0.25, 0.3) is 0 Å². The van der Waals surface area contributed by atoms with Gasteiger partial charge in [0.05, 0.1) is 0 Å². The first-order chi connectivity index (χ1) is 11.8. The Kier molecular flexibility index (Phi) is 8.44. The van der Waals surface area contributed by atoms with Crippen LogP contribution in [0, 0.1) is 0 Å². The number of nitrogens with zero attached hydrogens (tertiary/aromatic N) is 4. The van der Waals surface area contributed by atoms with Crippen LogP contribution in [0.1, 0.15) is 12.8 Å². The summed E-state index contributed by atoms with van der Waals surface area (Å²) in [6.07, 6.45) is 2.09. The Morgan fingerprint density at radius 3 is 1.92 bits per heavy atom. The van der Waals surface area contributed by atoms with Crippen molar-refractivity contribution >= 4 is 15.4 Å². The van der Waals surface area contributed by atoms with E-state index >= 15 is 0 Å². The molecule has 0 aromatic rings. The second-order valence-corrected chi connectivity index (χ2v) is 11.2. The van der Waals surface area contributed by atoms with Crippen molar-refractivity contribution in [3.63, 3.8) is 0 Å². The van der Waals surface area contributed by atoms with Crippen LogP contribution in [0.5, 0.6) is 0 Å². The molecule has 0 aliphatic carbocycles. The SMILES string of the molecule is CN1CCCN(C)CCN(C2OP2(=O)C[P+](=O)O)CCCN(C)CC1. The van der Waals surface area contributed by atoms with Crippen LogP contribution >= 0.6 is 15.4 Å². The molecule has 2 fully saturated rings. The standard InChI is InChI=1S/C15H32N4O4P2/c1-16-6-4-7-18(3)12-13-19(9-5-8-17(2)11-10-16)15-23-25(15,22)14-24(20)21/h15H,4-14H2,1-3H3/p+1. The van der Waals surface area contributed by atoms with Gasteiger partial charge in [0, 0.05) is 32.7 Å². The van der Waals surface area contributed by atoms with Gasteiger partial charge in [-0.15, -0.1) is 0 Å². The lowest BCUT2D eigenvalue weighted by Crippen LogP contribution is -2.39. The zero-order valence-electron chi connectivity index (χ0n) is 15.7. The lowest BCUT2D eigenvalue weighted by Gasteiger charge is -2.27. The maximum atomic E-state index is 12.5. The van der Waals surface area contributed by atoms with Gasteiger partial charge in [-0.2, -0.15) is 4.89 Å². The zero-order chi connectivity index (χ0) is 18.4. The van der Waals surface area contributed by atoms with E-state index in [9.17, 15) is 9.13 Å². The Balaban J connectivity index is 1.93. The van der Waals surface area contributed by atoms with Crippen LogP contribution in [-0.4, -0.2) is 110 Å². The molecular formula is C15H33N4O4P2+. The first-order valence-electron chi connectivity index (χ1n) is 9.00. The molecule has 2 aliphatic heterocycles. The molecule has 0 saturated carbocycles. The van der Waals surface area contributed by atoms with Crippen molar-refractivity contribution in [1.82, 2.24) is 19.6 Å². The van der Waals surface area contributed by atoms with E-state index in [-0.39, 0.29) is 5.90 Å². The van der Waals surface area contributed by atoms with E-state index in [0.29, 0.717) is 0 Å². The third-order valence-electron chi connectivity index (χ3n) is 4.89. The summed E-state index contributed by atoms with van der Waals surface area (Å²) in [4.78, 5) is 18.2. The zero-order valence-corrected chi connectivity index (χ0v) is 17.5. The van der Waals surface area contributed by atoms with E-state index in [4.69, 9.17) is 9.42 Å². The summed E-state index contributed by atoms with van der Waals surface area (Å²) in [5.41, 5.74) is 0. The maximum absolute atomic E-state index is 12.5. The van der Waals surface area contributed by atoms with Gasteiger partial charge in [0.25, 0.3) is 13.3 Å². The van der Waals surface area contributed by atoms with Crippen molar-refractivity contribution in [3.8, 4) is 0 Å². The highest BCUT2D eigenvalue weighted by atomic mass is 31.2. The molecule has 8 nitrogen and oxygen atoms in total. The maximum Gasteiger partial charge on any atom is 0.516 e. The summed E-state index contributed by atoms with van der Waals surface area (Å²) >= 11 is 0. The van der Waals surface area contributed by atoms with E-state index < -0.39 is 21.4 Å². The number of likely N-dealkylation sites (N-methyl/N-ethyl adjacent to an activating group) is 3. The molecule has 0 aromatic heterocycles. The Labute approximate surface area is 152 Å². The predicted molar refractivity (Wildman–Crippen MR) is 100 cm³/mol. The van der Waals surface area contributed by atoms with Crippen LogP contribution in [0.2, 0.25) is 0 Å². The van der Waals surface area contributed by atoms with Gasteiger partial charge in [0.2, 0.25) is 0 Å². The van der Waals surface area contributed by atoms with Gasteiger partial charge >= 0.3 is 8.03 Å². The molecule has 0 radical (unpaired) electrons. The highest BCUT2D eigenvalue weighted by molar-refractivity contribution is 7.73. The van der Waals surface area contributed by atoms with Gasteiger partial charge in [0.1, 0.15) is 0 Å². The lowest BCUT2D eigenvalue weighted by atomic mass is 10.3. The highest BCUT2D eigenvalue weighted by Crippen LogP contribution is 2.73. The summed E-state index contributed by atoms with van der Waals surface area (Å²) in [5, 5.41) is 0. The minimum atomic E-state index is -2.93. The molecule has 10 heteroatoms. The molecule has 3 unspecified atom stereocenters. The second kappa shape index (κ2) is 9.86. The van der Waals surface area contributed by atoms with Gasteiger partial charge in [-0.3, -0.25) is 14.0 Å². The van der Waals surface area contributed by atoms with E-state index in [0.717, 1.165) is 65.2 Å². The van der Waals surface area contributed by atoms with Crippen LogP contribution < -0.4 is 0 Å². The molecule has 2 heterocycles.